The van der Waals surface area contributed by atoms with Gasteiger partial charge in [-0.1, -0.05) is 59.1 Å². The molecule has 1 amide bonds. The van der Waals surface area contributed by atoms with Crippen LogP contribution >= 0.6 is 34.8 Å². The number of nitrogens with one attached hydrogen (secondary N) is 1. The molecule has 31 heavy (non-hydrogen) atoms. The highest BCUT2D eigenvalue weighted by atomic mass is 35.5. The highest BCUT2D eigenvalue weighted by molar-refractivity contribution is 7.89. The van der Waals surface area contributed by atoms with Gasteiger partial charge in [0.25, 0.3) is 0 Å². The van der Waals surface area contributed by atoms with Crippen LogP contribution in [0.3, 0.4) is 0 Å². The topological polar surface area (TPSA) is 66.5 Å². The molecule has 0 aliphatic heterocycles. The van der Waals surface area contributed by atoms with Crippen LogP contribution in [0, 0.1) is 6.92 Å². The largest absolute Gasteiger partial charge is 0.325 e. The fourth-order valence-electron chi connectivity index (χ4n) is 2.83. The highest BCUT2D eigenvalue weighted by Gasteiger charge is 2.27. The van der Waals surface area contributed by atoms with Crippen molar-refractivity contribution in [3.05, 3.63) is 92.9 Å². The second-order valence-electron chi connectivity index (χ2n) is 6.83. The van der Waals surface area contributed by atoms with Gasteiger partial charge in [0.1, 0.15) is 0 Å². The number of halogens is 3. The van der Waals surface area contributed by atoms with Crippen LogP contribution in [-0.4, -0.2) is 25.2 Å². The summed E-state index contributed by atoms with van der Waals surface area (Å²) in [6.45, 7) is 1.35. The van der Waals surface area contributed by atoms with Gasteiger partial charge in [0.15, 0.2) is 0 Å². The Morgan fingerprint density at radius 1 is 0.935 bits per heavy atom. The molecule has 1 N–H and O–H groups in total. The minimum absolute atomic E-state index is 0.0233. The predicted molar refractivity (Wildman–Crippen MR) is 125 cm³/mol. The average molecular weight is 498 g/mol. The van der Waals surface area contributed by atoms with Gasteiger partial charge in [-0.25, -0.2) is 8.42 Å². The lowest BCUT2D eigenvalue weighted by Gasteiger charge is -2.22. The predicted octanol–water partition coefficient (Wildman–Crippen LogP) is 5.78. The lowest BCUT2D eigenvalue weighted by Crippen LogP contribution is -2.37. The highest BCUT2D eigenvalue weighted by Crippen LogP contribution is 2.24. The van der Waals surface area contributed by atoms with Gasteiger partial charge in [-0.05, 0) is 60.5 Å². The number of rotatable bonds is 7. The van der Waals surface area contributed by atoms with Gasteiger partial charge in [0, 0.05) is 27.3 Å². The first-order valence-electron chi connectivity index (χ1n) is 9.22. The molecule has 0 saturated heterocycles. The number of aryl methyl sites for hydroxylation is 1. The molecule has 0 saturated carbocycles. The Labute approximate surface area is 196 Å². The fourth-order valence-corrected chi connectivity index (χ4v) is 4.71. The molecule has 0 unspecified atom stereocenters. The minimum atomic E-state index is -4.01. The normalized spacial score (nSPS) is 11.5. The van der Waals surface area contributed by atoms with E-state index < -0.39 is 22.5 Å². The Balaban J connectivity index is 1.89. The SMILES string of the molecule is Cc1ccc(NC(=O)CN(Cc2ccccc2Cl)S(=O)(=O)c2ccc(Cl)cc2)cc1Cl. The van der Waals surface area contributed by atoms with Crippen LogP contribution in [0.5, 0.6) is 0 Å². The lowest BCUT2D eigenvalue weighted by molar-refractivity contribution is -0.116. The number of hydrogen-bond acceptors (Lipinski definition) is 3. The maximum Gasteiger partial charge on any atom is 0.243 e. The quantitative estimate of drug-likeness (QED) is 0.449. The zero-order valence-electron chi connectivity index (χ0n) is 16.5. The molecule has 9 heteroatoms. The summed E-state index contributed by atoms with van der Waals surface area (Å²) in [5, 5.41) is 4.00. The van der Waals surface area contributed by atoms with Gasteiger partial charge in [-0.2, -0.15) is 4.31 Å². The number of benzene rings is 3. The molecule has 162 valence electrons. The molecule has 0 fully saturated rings. The number of anilines is 1. The zero-order chi connectivity index (χ0) is 22.6. The van der Waals surface area contributed by atoms with Crippen molar-refractivity contribution in [3.63, 3.8) is 0 Å². The van der Waals surface area contributed by atoms with E-state index in [4.69, 9.17) is 34.8 Å². The maximum atomic E-state index is 13.3. The van der Waals surface area contributed by atoms with E-state index in [9.17, 15) is 13.2 Å². The molecule has 0 bridgehead atoms. The number of amides is 1. The van der Waals surface area contributed by atoms with Gasteiger partial charge in [0.2, 0.25) is 15.9 Å². The van der Waals surface area contributed by atoms with Crippen molar-refractivity contribution < 1.29 is 13.2 Å². The molecule has 0 atom stereocenters. The van der Waals surface area contributed by atoms with Gasteiger partial charge < -0.3 is 5.32 Å². The van der Waals surface area contributed by atoms with Gasteiger partial charge >= 0.3 is 0 Å². The molecule has 0 heterocycles. The molecule has 0 aliphatic rings. The zero-order valence-corrected chi connectivity index (χ0v) is 19.6. The summed E-state index contributed by atoms with van der Waals surface area (Å²) in [6, 6.07) is 17.7. The Kier molecular flexibility index (Phi) is 7.62. The fraction of sp³-hybridized carbons (Fsp3) is 0.136. The van der Waals surface area contributed by atoms with Crippen molar-refractivity contribution >= 4 is 56.4 Å². The summed E-state index contributed by atoms with van der Waals surface area (Å²) < 4.78 is 27.6. The Morgan fingerprint density at radius 2 is 1.61 bits per heavy atom. The van der Waals surface area contributed by atoms with E-state index in [1.54, 1.807) is 42.5 Å². The Hall–Kier alpha value is -2.09. The van der Waals surface area contributed by atoms with Gasteiger partial charge in [-0.3, -0.25) is 4.79 Å². The maximum absolute atomic E-state index is 13.3. The van der Waals surface area contributed by atoms with Crippen molar-refractivity contribution in [2.75, 3.05) is 11.9 Å². The molecule has 0 spiro atoms. The third-order valence-corrected chi connectivity index (χ3v) is 7.37. The summed E-state index contributed by atoms with van der Waals surface area (Å²) in [4.78, 5) is 12.7. The van der Waals surface area contributed by atoms with Crippen LogP contribution in [0.1, 0.15) is 11.1 Å². The smallest absolute Gasteiger partial charge is 0.243 e. The van der Waals surface area contributed by atoms with E-state index in [0.717, 1.165) is 9.87 Å². The van der Waals surface area contributed by atoms with E-state index in [1.807, 2.05) is 6.92 Å². The molecule has 5 nitrogen and oxygen atoms in total. The second-order valence-corrected chi connectivity index (χ2v) is 10.0. The molecule has 3 aromatic carbocycles. The number of sulfonamides is 1. The first-order valence-corrected chi connectivity index (χ1v) is 11.8. The first-order chi connectivity index (χ1) is 14.7. The van der Waals surface area contributed by atoms with Crippen molar-refractivity contribution in [3.8, 4) is 0 Å². The third kappa shape index (κ3) is 5.99. The van der Waals surface area contributed by atoms with Gasteiger partial charge in [0.05, 0.1) is 11.4 Å². The minimum Gasteiger partial charge on any atom is -0.325 e. The standard InChI is InChI=1S/C22H19Cl3N2O3S/c1-15-6-9-18(12-21(15)25)26-22(28)14-27(13-16-4-2-3-5-20(16)24)31(29,30)19-10-7-17(23)8-11-19/h2-12H,13-14H2,1H3,(H,26,28). The van der Waals surface area contributed by atoms with Crippen molar-refractivity contribution in [2.45, 2.75) is 18.4 Å². The van der Waals surface area contributed by atoms with Crippen molar-refractivity contribution in [1.82, 2.24) is 4.31 Å². The summed E-state index contributed by atoms with van der Waals surface area (Å²) in [5.41, 5.74) is 1.92. The van der Waals surface area contributed by atoms with Crippen LogP contribution in [0.15, 0.2) is 71.6 Å². The van der Waals surface area contributed by atoms with Crippen LogP contribution < -0.4 is 5.32 Å². The summed E-state index contributed by atoms with van der Waals surface area (Å²) in [5.74, 6) is -0.510. The first kappa shape index (κ1) is 23.6. The number of carbonyl (C=O) groups excluding carboxylic acids is 1. The third-order valence-electron chi connectivity index (χ3n) is 4.53. The van der Waals surface area contributed by atoms with Crippen molar-refractivity contribution in [1.29, 1.82) is 0 Å². The van der Waals surface area contributed by atoms with Gasteiger partial charge in [-0.15, -0.1) is 0 Å². The van der Waals surface area contributed by atoms with E-state index >= 15 is 0 Å². The molecule has 3 rings (SSSR count). The average Bonchev–Trinajstić information content (AvgIpc) is 2.72. The van der Waals surface area contributed by atoms with E-state index in [-0.39, 0.29) is 11.4 Å². The van der Waals surface area contributed by atoms with Crippen molar-refractivity contribution in [2.24, 2.45) is 0 Å². The Morgan fingerprint density at radius 3 is 2.26 bits per heavy atom. The van der Waals surface area contributed by atoms with E-state index in [1.165, 1.54) is 24.3 Å². The molecular weight excluding hydrogens is 479 g/mol. The molecular formula is C22H19Cl3N2O3S. The number of nitrogens with zero attached hydrogens (tertiary/aromatic N) is 1. The van der Waals surface area contributed by atoms with E-state index in [2.05, 4.69) is 5.32 Å². The molecule has 0 aromatic heterocycles. The van der Waals surface area contributed by atoms with Crippen LogP contribution in [0.25, 0.3) is 0 Å². The molecule has 0 aliphatic carbocycles. The monoisotopic (exact) mass is 496 g/mol. The molecule has 3 aromatic rings. The van der Waals surface area contributed by atoms with Crippen LogP contribution in [-0.2, 0) is 21.4 Å². The number of hydrogen-bond donors (Lipinski definition) is 1. The van der Waals surface area contributed by atoms with Crippen LogP contribution in [0.2, 0.25) is 15.1 Å². The van der Waals surface area contributed by atoms with Crippen LogP contribution in [0.4, 0.5) is 5.69 Å². The van der Waals surface area contributed by atoms with E-state index in [0.29, 0.717) is 26.3 Å². The summed E-state index contributed by atoms with van der Waals surface area (Å²) in [7, 11) is -4.01. The lowest BCUT2D eigenvalue weighted by atomic mass is 10.2. The molecule has 0 radical (unpaired) electrons. The Bertz CT molecular complexity index is 1200. The summed E-state index contributed by atoms with van der Waals surface area (Å²) >= 11 is 18.2. The second kappa shape index (κ2) is 10.0. The number of carbonyl (C=O) groups is 1. The summed E-state index contributed by atoms with van der Waals surface area (Å²) in [6.07, 6.45) is 0.